The Morgan fingerprint density at radius 3 is 3.08 bits per heavy atom. The summed E-state index contributed by atoms with van der Waals surface area (Å²) in [6.07, 6.45) is 5.46. The first-order valence-corrected chi connectivity index (χ1v) is 11.4. The van der Waals surface area contributed by atoms with Gasteiger partial charge in [-0.25, -0.2) is 4.98 Å². The fraction of sp³-hybridized carbons (Fsp3) is 0.368. The largest absolute Gasteiger partial charge is 0.377 e. The van der Waals surface area contributed by atoms with Crippen LogP contribution < -0.4 is 5.56 Å². The fourth-order valence-corrected chi connectivity index (χ4v) is 6.00. The zero-order valence-electron chi connectivity index (χ0n) is 14.3. The molecule has 4 heterocycles. The highest BCUT2D eigenvalue weighted by atomic mass is 32.2. The highest BCUT2D eigenvalue weighted by Crippen LogP contribution is 2.34. The van der Waals surface area contributed by atoms with Crippen molar-refractivity contribution in [1.82, 2.24) is 9.55 Å². The number of ether oxygens (including phenoxy) is 1. The van der Waals surface area contributed by atoms with Gasteiger partial charge in [0.15, 0.2) is 5.16 Å². The summed E-state index contributed by atoms with van der Waals surface area (Å²) >= 11 is 4.80. The minimum absolute atomic E-state index is 0.0200. The molecule has 0 aromatic carbocycles. The summed E-state index contributed by atoms with van der Waals surface area (Å²) in [7, 11) is 0. The van der Waals surface area contributed by atoms with E-state index in [1.54, 1.807) is 45.1 Å². The molecule has 3 aromatic rings. The number of hydrogen-bond acceptors (Lipinski definition) is 6. The van der Waals surface area contributed by atoms with Gasteiger partial charge in [0.2, 0.25) is 0 Å². The molecular weight excluding hydrogens is 384 g/mol. The summed E-state index contributed by atoms with van der Waals surface area (Å²) in [6, 6.07) is 4.06. The first kappa shape index (κ1) is 18.0. The Morgan fingerprint density at radius 1 is 1.42 bits per heavy atom. The molecule has 7 heteroatoms. The van der Waals surface area contributed by atoms with Crippen LogP contribution in [0.3, 0.4) is 0 Å². The predicted octanol–water partition coefficient (Wildman–Crippen LogP) is 5.03. The monoisotopic (exact) mass is 404 g/mol. The van der Waals surface area contributed by atoms with E-state index in [4.69, 9.17) is 9.72 Å². The molecule has 1 aliphatic heterocycles. The van der Waals surface area contributed by atoms with E-state index in [1.165, 1.54) is 6.42 Å². The normalized spacial score (nSPS) is 17.6. The molecular formula is C19H20N2O2S3. The predicted molar refractivity (Wildman–Crippen MR) is 112 cm³/mol. The minimum Gasteiger partial charge on any atom is -0.377 e. The maximum absolute atomic E-state index is 13.2. The quantitative estimate of drug-likeness (QED) is 0.328. The van der Waals surface area contributed by atoms with Crippen molar-refractivity contribution in [3.8, 4) is 10.4 Å². The van der Waals surface area contributed by atoms with Crippen molar-refractivity contribution in [2.45, 2.75) is 37.1 Å². The van der Waals surface area contributed by atoms with Crippen LogP contribution in [-0.4, -0.2) is 28.0 Å². The Bertz CT molecular complexity index is 953. The van der Waals surface area contributed by atoms with E-state index in [0.29, 0.717) is 6.54 Å². The molecule has 136 valence electrons. The first-order chi connectivity index (χ1) is 12.8. The molecule has 26 heavy (non-hydrogen) atoms. The van der Waals surface area contributed by atoms with Gasteiger partial charge < -0.3 is 4.74 Å². The zero-order valence-corrected chi connectivity index (χ0v) is 16.8. The maximum Gasteiger partial charge on any atom is 0.263 e. The van der Waals surface area contributed by atoms with Gasteiger partial charge in [0.1, 0.15) is 4.83 Å². The van der Waals surface area contributed by atoms with Gasteiger partial charge in [-0.15, -0.1) is 29.3 Å². The fourth-order valence-electron chi connectivity index (χ4n) is 3.13. The van der Waals surface area contributed by atoms with Crippen LogP contribution in [0, 0.1) is 0 Å². The molecule has 0 bridgehead atoms. The van der Waals surface area contributed by atoms with Crippen molar-refractivity contribution in [3.05, 3.63) is 45.9 Å². The molecule has 0 radical (unpaired) electrons. The average Bonchev–Trinajstić information content (AvgIpc) is 3.33. The van der Waals surface area contributed by atoms with Crippen molar-refractivity contribution >= 4 is 44.7 Å². The zero-order chi connectivity index (χ0) is 17.9. The second-order valence-corrected chi connectivity index (χ2v) is 9.00. The number of aromatic nitrogens is 2. The summed E-state index contributed by atoms with van der Waals surface area (Å²) in [5, 5.41) is 5.55. The SMILES string of the molecule is C=CCn1c(SC[C@H]2CCCCO2)nc2scc(-c3cccs3)c2c1=O. The molecule has 0 aliphatic carbocycles. The first-order valence-electron chi connectivity index (χ1n) is 8.69. The number of fused-ring (bicyclic) bond motifs is 1. The maximum atomic E-state index is 13.2. The minimum atomic E-state index is 0.0200. The lowest BCUT2D eigenvalue weighted by molar-refractivity contribution is 0.0315. The molecule has 1 fully saturated rings. The topological polar surface area (TPSA) is 44.1 Å². The molecule has 1 atom stereocenters. The molecule has 4 nitrogen and oxygen atoms in total. The van der Waals surface area contributed by atoms with Gasteiger partial charge >= 0.3 is 0 Å². The van der Waals surface area contributed by atoms with E-state index in [9.17, 15) is 4.79 Å². The Kier molecular flexibility index (Phi) is 5.59. The smallest absolute Gasteiger partial charge is 0.263 e. The van der Waals surface area contributed by atoms with Crippen molar-refractivity contribution in [3.63, 3.8) is 0 Å². The molecule has 0 spiro atoms. The summed E-state index contributed by atoms with van der Waals surface area (Å²) in [5.41, 5.74) is 1.01. The Morgan fingerprint density at radius 2 is 2.35 bits per heavy atom. The van der Waals surface area contributed by atoms with E-state index >= 15 is 0 Å². The summed E-state index contributed by atoms with van der Waals surface area (Å²) < 4.78 is 7.56. The summed E-state index contributed by atoms with van der Waals surface area (Å²) in [5.74, 6) is 0.832. The van der Waals surface area contributed by atoms with Gasteiger partial charge in [-0.05, 0) is 30.7 Å². The van der Waals surface area contributed by atoms with Crippen molar-refractivity contribution in [1.29, 1.82) is 0 Å². The van der Waals surface area contributed by atoms with E-state index in [-0.39, 0.29) is 11.7 Å². The van der Waals surface area contributed by atoms with Gasteiger partial charge in [-0.3, -0.25) is 9.36 Å². The number of allylic oxidation sites excluding steroid dienone is 1. The molecule has 3 aromatic heterocycles. The van der Waals surface area contributed by atoms with Gasteiger partial charge in [0.05, 0.1) is 11.5 Å². The van der Waals surface area contributed by atoms with E-state index in [0.717, 1.165) is 51.0 Å². The van der Waals surface area contributed by atoms with E-state index < -0.39 is 0 Å². The number of hydrogen-bond donors (Lipinski definition) is 0. The van der Waals surface area contributed by atoms with Crippen molar-refractivity contribution in [2.75, 3.05) is 12.4 Å². The Labute approximate surface area is 164 Å². The average molecular weight is 405 g/mol. The lowest BCUT2D eigenvalue weighted by atomic mass is 10.1. The Hall–Kier alpha value is -1.41. The highest BCUT2D eigenvalue weighted by Gasteiger charge is 2.19. The number of nitrogens with zero attached hydrogens (tertiary/aromatic N) is 2. The number of rotatable bonds is 6. The molecule has 0 N–H and O–H groups in total. The third-order valence-electron chi connectivity index (χ3n) is 4.43. The third kappa shape index (κ3) is 3.53. The van der Waals surface area contributed by atoms with Crippen LogP contribution in [0.15, 0.2) is 45.5 Å². The van der Waals surface area contributed by atoms with Crippen LogP contribution in [0.1, 0.15) is 19.3 Å². The lowest BCUT2D eigenvalue weighted by Gasteiger charge is -2.22. The van der Waals surface area contributed by atoms with E-state index in [1.807, 2.05) is 22.9 Å². The Balaban J connectivity index is 1.72. The van der Waals surface area contributed by atoms with Gasteiger partial charge in [0.25, 0.3) is 5.56 Å². The van der Waals surface area contributed by atoms with Gasteiger partial charge in [0, 0.05) is 34.7 Å². The van der Waals surface area contributed by atoms with Crippen LogP contribution in [0.25, 0.3) is 20.7 Å². The molecule has 1 saturated heterocycles. The van der Waals surface area contributed by atoms with Crippen LogP contribution in [0.4, 0.5) is 0 Å². The van der Waals surface area contributed by atoms with Crippen molar-refractivity contribution < 1.29 is 4.74 Å². The summed E-state index contributed by atoms with van der Waals surface area (Å²) in [4.78, 5) is 19.9. The second-order valence-electron chi connectivity index (χ2n) is 6.21. The second kappa shape index (κ2) is 8.08. The molecule has 0 unspecified atom stereocenters. The molecule has 4 rings (SSSR count). The third-order valence-corrected chi connectivity index (χ3v) is 7.31. The lowest BCUT2D eigenvalue weighted by Crippen LogP contribution is -2.25. The standard InChI is InChI=1S/C19H20N2O2S3/c1-2-8-21-18(22)16-14(15-7-5-10-24-15)12-25-17(16)20-19(21)26-11-13-6-3-4-9-23-13/h2,5,7,10,12-13H,1,3-4,6,8-9,11H2/t13-/m1/s1. The molecule has 0 amide bonds. The van der Waals surface area contributed by atoms with Crippen molar-refractivity contribution in [2.24, 2.45) is 0 Å². The van der Waals surface area contributed by atoms with E-state index in [2.05, 4.69) is 6.58 Å². The molecule has 0 saturated carbocycles. The number of thioether (sulfide) groups is 1. The van der Waals surface area contributed by atoms with Gasteiger partial charge in [-0.2, -0.15) is 0 Å². The number of thiophene rings is 2. The summed E-state index contributed by atoms with van der Waals surface area (Å²) in [6.45, 7) is 5.12. The van der Waals surface area contributed by atoms with Crippen LogP contribution >= 0.6 is 34.4 Å². The highest BCUT2D eigenvalue weighted by molar-refractivity contribution is 7.99. The van der Waals surface area contributed by atoms with Gasteiger partial charge in [-0.1, -0.05) is 23.9 Å². The molecule has 1 aliphatic rings. The van der Waals surface area contributed by atoms with Crippen LogP contribution in [0.5, 0.6) is 0 Å². The van der Waals surface area contributed by atoms with Crippen LogP contribution in [-0.2, 0) is 11.3 Å². The van der Waals surface area contributed by atoms with Crippen LogP contribution in [0.2, 0.25) is 0 Å².